The highest BCUT2D eigenvalue weighted by atomic mass is 32.1. The molecule has 2 aromatic heterocycles. The van der Waals surface area contributed by atoms with Crippen molar-refractivity contribution in [2.45, 2.75) is 0 Å². The number of aromatic nitrogens is 4. The van der Waals surface area contributed by atoms with E-state index in [1.165, 1.54) is 6.20 Å². The number of nitrogens with one attached hydrogen (secondary N) is 2. The average molecular weight is 170 g/mol. The molecule has 0 radical (unpaired) electrons. The highest BCUT2D eigenvalue weighted by molar-refractivity contribution is 7.71. The minimum absolute atomic E-state index is 0.213. The fourth-order valence-electron chi connectivity index (χ4n) is 0.824. The number of hydrogen-bond acceptors (Lipinski definition) is 3. The first-order chi connectivity index (χ1) is 5.27. The lowest BCUT2D eigenvalue weighted by Crippen LogP contribution is -1.89. The summed E-state index contributed by atoms with van der Waals surface area (Å²) in [4.78, 5) is 5.75. The third-order valence-electron chi connectivity index (χ3n) is 1.30. The first-order valence-electron chi connectivity index (χ1n) is 2.86. The summed E-state index contributed by atoms with van der Waals surface area (Å²) in [7, 11) is 0. The van der Waals surface area contributed by atoms with E-state index in [4.69, 9.17) is 12.2 Å². The summed E-state index contributed by atoms with van der Waals surface area (Å²) in [5, 5.41) is 6.85. The quantitative estimate of drug-likeness (QED) is 0.460. The van der Waals surface area contributed by atoms with E-state index in [-0.39, 0.29) is 4.64 Å². The van der Waals surface area contributed by atoms with Gasteiger partial charge in [0, 0.05) is 0 Å². The van der Waals surface area contributed by atoms with Crippen molar-refractivity contribution >= 4 is 23.3 Å². The number of aromatic amines is 2. The summed E-state index contributed by atoms with van der Waals surface area (Å²) in [6.07, 6.45) is 0.799. The number of rotatable bonds is 0. The predicted octanol–water partition coefficient (Wildman–Crippen LogP) is 1.15. The molecular formula is C5H3FN4S. The van der Waals surface area contributed by atoms with Gasteiger partial charge >= 0.3 is 0 Å². The highest BCUT2D eigenvalue weighted by Gasteiger charge is 2.00. The van der Waals surface area contributed by atoms with Gasteiger partial charge in [-0.25, -0.2) is 0 Å². The van der Waals surface area contributed by atoms with Gasteiger partial charge in [-0.1, -0.05) is 12.2 Å². The van der Waals surface area contributed by atoms with Gasteiger partial charge in [-0.3, -0.25) is 5.10 Å². The average Bonchev–Trinajstić information content (AvgIpc) is 2.34. The zero-order valence-electron chi connectivity index (χ0n) is 5.26. The van der Waals surface area contributed by atoms with Crippen molar-refractivity contribution in [1.82, 2.24) is 20.2 Å². The van der Waals surface area contributed by atoms with Crippen molar-refractivity contribution in [1.29, 1.82) is 0 Å². The fraction of sp³-hybridized carbons (Fsp3) is 0. The van der Waals surface area contributed by atoms with Crippen molar-refractivity contribution in [2.24, 2.45) is 0 Å². The highest BCUT2D eigenvalue weighted by Crippen LogP contribution is 2.07. The monoisotopic (exact) mass is 170 g/mol. The Morgan fingerprint density at radius 1 is 1.55 bits per heavy atom. The molecule has 56 valence electrons. The van der Waals surface area contributed by atoms with Gasteiger partial charge in [0.2, 0.25) is 0 Å². The Morgan fingerprint density at radius 3 is 3.18 bits per heavy atom. The van der Waals surface area contributed by atoms with E-state index < -0.39 is 6.08 Å². The third-order valence-corrected chi connectivity index (χ3v) is 1.61. The van der Waals surface area contributed by atoms with Crippen LogP contribution in [-0.2, 0) is 0 Å². The molecule has 0 saturated carbocycles. The lowest BCUT2D eigenvalue weighted by atomic mass is 10.4. The summed E-state index contributed by atoms with van der Waals surface area (Å²) >= 11 is 4.76. The number of H-pyrrole nitrogens is 2. The summed E-state index contributed by atoms with van der Waals surface area (Å²) in [5.74, 6) is 0. The van der Waals surface area contributed by atoms with Crippen LogP contribution in [0.2, 0.25) is 0 Å². The molecule has 0 fully saturated rings. The fourth-order valence-corrected chi connectivity index (χ4v) is 1.06. The van der Waals surface area contributed by atoms with Crippen molar-refractivity contribution in [3.05, 3.63) is 16.9 Å². The SMILES string of the molecule is Fc1nc(=S)c2cn[nH]c2[nH]1. The molecule has 0 saturated heterocycles. The molecule has 2 N–H and O–H groups in total. The minimum Gasteiger partial charge on any atom is -0.300 e. The van der Waals surface area contributed by atoms with Crippen LogP contribution < -0.4 is 0 Å². The summed E-state index contributed by atoms with van der Waals surface area (Å²) in [5.41, 5.74) is 0.461. The van der Waals surface area contributed by atoms with E-state index in [1.807, 2.05) is 0 Å². The molecule has 4 nitrogen and oxygen atoms in total. The molecule has 6 heteroatoms. The van der Waals surface area contributed by atoms with Gasteiger partial charge < -0.3 is 4.98 Å². The minimum atomic E-state index is -0.702. The van der Waals surface area contributed by atoms with E-state index in [0.29, 0.717) is 11.0 Å². The van der Waals surface area contributed by atoms with Crippen molar-refractivity contribution in [3.8, 4) is 0 Å². The van der Waals surface area contributed by atoms with Crippen LogP contribution in [0.1, 0.15) is 0 Å². The van der Waals surface area contributed by atoms with Crippen molar-refractivity contribution < 1.29 is 4.39 Å². The Balaban J connectivity index is 3.02. The molecule has 0 aromatic carbocycles. The second-order valence-electron chi connectivity index (χ2n) is 1.99. The second kappa shape index (κ2) is 2.09. The van der Waals surface area contributed by atoms with Gasteiger partial charge in [0.15, 0.2) is 0 Å². The van der Waals surface area contributed by atoms with E-state index in [2.05, 4.69) is 20.2 Å². The van der Waals surface area contributed by atoms with E-state index in [1.54, 1.807) is 0 Å². The molecule has 0 aliphatic rings. The van der Waals surface area contributed by atoms with Crippen LogP contribution in [-0.4, -0.2) is 20.2 Å². The van der Waals surface area contributed by atoms with Gasteiger partial charge in [0.1, 0.15) is 10.3 Å². The molecule has 0 atom stereocenters. The maximum Gasteiger partial charge on any atom is 0.289 e. The second-order valence-corrected chi connectivity index (χ2v) is 2.38. The lowest BCUT2D eigenvalue weighted by Gasteiger charge is -1.88. The molecule has 0 spiro atoms. The molecule has 0 aliphatic carbocycles. The Kier molecular flexibility index (Phi) is 1.22. The Morgan fingerprint density at radius 2 is 2.36 bits per heavy atom. The van der Waals surface area contributed by atoms with Crippen LogP contribution in [0.15, 0.2) is 6.20 Å². The summed E-state index contributed by atoms with van der Waals surface area (Å²) in [6.45, 7) is 0. The van der Waals surface area contributed by atoms with Gasteiger partial charge in [-0.2, -0.15) is 14.5 Å². The zero-order chi connectivity index (χ0) is 7.84. The number of hydrogen-bond donors (Lipinski definition) is 2. The molecule has 0 aliphatic heterocycles. The van der Waals surface area contributed by atoms with Crippen molar-refractivity contribution in [3.63, 3.8) is 0 Å². The van der Waals surface area contributed by atoms with E-state index >= 15 is 0 Å². The van der Waals surface area contributed by atoms with Gasteiger partial charge in [-0.15, -0.1) is 0 Å². The van der Waals surface area contributed by atoms with Crippen LogP contribution in [0.25, 0.3) is 11.0 Å². The maximum atomic E-state index is 12.5. The van der Waals surface area contributed by atoms with Gasteiger partial charge in [-0.05, 0) is 0 Å². The van der Waals surface area contributed by atoms with Crippen molar-refractivity contribution in [2.75, 3.05) is 0 Å². The van der Waals surface area contributed by atoms with Crippen LogP contribution in [0.5, 0.6) is 0 Å². The van der Waals surface area contributed by atoms with Crippen LogP contribution in [0, 0.1) is 10.7 Å². The standard InChI is InChI=1S/C5H3FN4S/c6-5-8-3-2(1-7-10-3)4(11)9-5/h1H,(H2,7,8,9,10,11). The smallest absolute Gasteiger partial charge is 0.289 e. The topological polar surface area (TPSA) is 57.4 Å². The normalized spacial score (nSPS) is 10.6. The maximum absolute atomic E-state index is 12.5. The molecule has 0 amide bonds. The van der Waals surface area contributed by atoms with Gasteiger partial charge in [0.05, 0.1) is 11.6 Å². The molecule has 2 aromatic rings. The van der Waals surface area contributed by atoms with Crippen LogP contribution in [0.3, 0.4) is 0 Å². The number of nitrogens with zero attached hydrogens (tertiary/aromatic N) is 2. The Labute approximate surface area is 65.5 Å². The third kappa shape index (κ3) is 0.911. The first kappa shape index (κ1) is 6.41. The van der Waals surface area contributed by atoms with Gasteiger partial charge in [0.25, 0.3) is 6.08 Å². The summed E-state index contributed by atoms with van der Waals surface area (Å²) in [6, 6.07) is 0. The van der Waals surface area contributed by atoms with Crippen LogP contribution in [0.4, 0.5) is 4.39 Å². The zero-order valence-corrected chi connectivity index (χ0v) is 6.07. The molecule has 11 heavy (non-hydrogen) atoms. The van der Waals surface area contributed by atoms with E-state index in [9.17, 15) is 4.39 Å². The predicted molar refractivity (Wildman–Crippen MR) is 39.0 cm³/mol. The number of halogens is 1. The Hall–Kier alpha value is -1.30. The largest absolute Gasteiger partial charge is 0.300 e. The van der Waals surface area contributed by atoms with Crippen LogP contribution >= 0.6 is 12.2 Å². The molecule has 2 heterocycles. The molecular weight excluding hydrogens is 167 g/mol. The summed E-state index contributed by atoms with van der Waals surface area (Å²) < 4.78 is 12.7. The molecule has 0 bridgehead atoms. The molecule has 0 unspecified atom stereocenters. The first-order valence-corrected chi connectivity index (χ1v) is 3.27. The number of fused-ring (bicyclic) bond motifs is 1. The lowest BCUT2D eigenvalue weighted by molar-refractivity contribution is 0.542. The molecule has 2 rings (SSSR count). The Bertz CT molecular complexity index is 445. The van der Waals surface area contributed by atoms with E-state index in [0.717, 1.165) is 0 Å².